The van der Waals surface area contributed by atoms with E-state index < -0.39 is 0 Å². The van der Waals surface area contributed by atoms with Crippen molar-refractivity contribution >= 4 is 5.78 Å². The molecule has 23 heavy (non-hydrogen) atoms. The molecule has 0 saturated heterocycles. The molecule has 0 bridgehead atoms. The quantitative estimate of drug-likeness (QED) is 0.553. The number of rotatable bonds is 9. The van der Waals surface area contributed by atoms with Gasteiger partial charge in [-0.2, -0.15) is 0 Å². The van der Waals surface area contributed by atoms with Gasteiger partial charge in [0.15, 0.2) is 5.78 Å². The van der Waals surface area contributed by atoms with Crippen LogP contribution in [-0.2, 0) is 0 Å². The molecule has 0 aliphatic rings. The fourth-order valence-electron chi connectivity index (χ4n) is 2.43. The van der Waals surface area contributed by atoms with Crippen LogP contribution < -0.4 is 10.1 Å². The molecule has 3 heteroatoms. The van der Waals surface area contributed by atoms with Crippen LogP contribution in [0.2, 0.25) is 0 Å². The number of ketones is 1. The molecule has 0 atom stereocenters. The minimum atomic E-state index is 0.171. The Morgan fingerprint density at radius 3 is 2.48 bits per heavy atom. The third-order valence-corrected chi connectivity index (χ3v) is 3.73. The minimum Gasteiger partial charge on any atom is -0.493 e. The Morgan fingerprint density at radius 2 is 1.78 bits per heavy atom. The number of carbonyl (C=O) groups excluding carboxylic acids is 1. The van der Waals surface area contributed by atoms with Crippen molar-refractivity contribution in [3.63, 3.8) is 0 Å². The summed E-state index contributed by atoms with van der Waals surface area (Å²) >= 11 is 0. The first-order valence-electron chi connectivity index (χ1n) is 8.32. The van der Waals surface area contributed by atoms with E-state index in [9.17, 15) is 4.79 Å². The predicted molar refractivity (Wildman–Crippen MR) is 95.2 cm³/mol. The molecule has 2 aromatic carbocycles. The Kier molecular flexibility index (Phi) is 6.82. The van der Waals surface area contributed by atoms with Crippen LogP contribution in [0.25, 0.3) is 11.1 Å². The summed E-state index contributed by atoms with van der Waals surface area (Å²) in [6.07, 6.45) is 1.51. The molecule has 0 heterocycles. The Hall–Kier alpha value is -2.13. The molecular formula is C20H25NO2. The van der Waals surface area contributed by atoms with Gasteiger partial charge in [-0.3, -0.25) is 4.79 Å². The lowest BCUT2D eigenvalue weighted by Gasteiger charge is -2.12. The second kappa shape index (κ2) is 9.11. The van der Waals surface area contributed by atoms with Gasteiger partial charge >= 0.3 is 0 Å². The number of carbonyl (C=O) groups is 1. The van der Waals surface area contributed by atoms with Gasteiger partial charge < -0.3 is 10.1 Å². The Labute approximate surface area is 138 Å². The maximum Gasteiger partial charge on any atom is 0.162 e. The van der Waals surface area contributed by atoms with Crippen molar-refractivity contribution in [1.29, 1.82) is 0 Å². The molecule has 2 aromatic rings. The molecule has 0 saturated carbocycles. The number of para-hydroxylation sites is 1. The van der Waals surface area contributed by atoms with Gasteiger partial charge in [-0.25, -0.2) is 0 Å². The lowest BCUT2D eigenvalue weighted by atomic mass is 10.0. The van der Waals surface area contributed by atoms with Gasteiger partial charge in [0.05, 0.1) is 6.61 Å². The van der Waals surface area contributed by atoms with Gasteiger partial charge in [-0.1, -0.05) is 56.3 Å². The van der Waals surface area contributed by atoms with Crippen molar-refractivity contribution in [3.05, 3.63) is 54.1 Å². The van der Waals surface area contributed by atoms with Crippen LogP contribution in [0.3, 0.4) is 0 Å². The van der Waals surface area contributed by atoms with Gasteiger partial charge in [0, 0.05) is 17.5 Å². The van der Waals surface area contributed by atoms with E-state index in [1.165, 1.54) is 0 Å². The number of Topliss-reactive ketones (excluding diaryl/α,β-unsaturated/α-hetero) is 1. The molecule has 0 fully saturated rings. The Morgan fingerprint density at radius 1 is 1.04 bits per heavy atom. The van der Waals surface area contributed by atoms with Gasteiger partial charge in [0.25, 0.3) is 0 Å². The van der Waals surface area contributed by atoms with Crippen molar-refractivity contribution in [2.24, 2.45) is 0 Å². The maximum atomic E-state index is 11.7. The average Bonchev–Trinajstić information content (AvgIpc) is 2.61. The predicted octanol–water partition coefficient (Wildman–Crippen LogP) is 4.32. The Bertz CT molecular complexity index is 620. The molecule has 0 aliphatic heterocycles. The topological polar surface area (TPSA) is 38.3 Å². The van der Waals surface area contributed by atoms with Crippen LogP contribution in [-0.4, -0.2) is 25.5 Å². The summed E-state index contributed by atoms with van der Waals surface area (Å²) in [6.45, 7) is 6.62. The van der Waals surface area contributed by atoms with Crippen molar-refractivity contribution < 1.29 is 9.53 Å². The van der Waals surface area contributed by atoms with E-state index in [2.05, 4.69) is 18.3 Å². The highest BCUT2D eigenvalue weighted by Crippen LogP contribution is 2.30. The summed E-state index contributed by atoms with van der Waals surface area (Å²) in [5.74, 6) is 1.06. The van der Waals surface area contributed by atoms with E-state index in [0.29, 0.717) is 13.0 Å². The highest BCUT2D eigenvalue weighted by Gasteiger charge is 2.07. The first-order chi connectivity index (χ1) is 11.3. The maximum absolute atomic E-state index is 11.7. The number of ether oxygens (including phenoxy) is 1. The van der Waals surface area contributed by atoms with Crippen molar-refractivity contribution in [1.82, 2.24) is 5.32 Å². The highest BCUT2D eigenvalue weighted by molar-refractivity contribution is 5.96. The molecule has 0 radical (unpaired) electrons. The fourth-order valence-corrected chi connectivity index (χ4v) is 2.43. The molecule has 0 unspecified atom stereocenters. The minimum absolute atomic E-state index is 0.171. The molecule has 2 rings (SSSR count). The van der Waals surface area contributed by atoms with Crippen molar-refractivity contribution in [3.8, 4) is 16.9 Å². The van der Waals surface area contributed by atoms with Crippen molar-refractivity contribution in [2.75, 3.05) is 19.7 Å². The van der Waals surface area contributed by atoms with Crippen LogP contribution >= 0.6 is 0 Å². The third-order valence-electron chi connectivity index (χ3n) is 3.73. The summed E-state index contributed by atoms with van der Waals surface area (Å²) in [5.41, 5.74) is 2.90. The molecule has 0 aliphatic carbocycles. The first kappa shape index (κ1) is 17.2. The lowest BCUT2D eigenvalue weighted by molar-refractivity contribution is 0.0988. The van der Waals surface area contributed by atoms with E-state index in [1.54, 1.807) is 0 Å². The molecule has 3 nitrogen and oxygen atoms in total. The zero-order valence-electron chi connectivity index (χ0n) is 14.0. The number of hydrogen-bond acceptors (Lipinski definition) is 3. The largest absolute Gasteiger partial charge is 0.493 e. The van der Waals surface area contributed by atoms with Gasteiger partial charge in [-0.05, 0) is 31.1 Å². The van der Waals surface area contributed by atoms with E-state index in [4.69, 9.17) is 4.74 Å². The van der Waals surface area contributed by atoms with E-state index >= 15 is 0 Å². The molecule has 0 aromatic heterocycles. The number of benzene rings is 2. The summed E-state index contributed by atoms with van der Waals surface area (Å²) in [7, 11) is 0. The molecule has 0 amide bonds. The zero-order chi connectivity index (χ0) is 16.5. The third kappa shape index (κ3) is 4.93. The summed E-state index contributed by atoms with van der Waals surface area (Å²) in [5, 5.41) is 3.29. The summed E-state index contributed by atoms with van der Waals surface area (Å²) in [4.78, 5) is 11.7. The van der Waals surface area contributed by atoms with Crippen LogP contribution in [0, 0.1) is 0 Å². The first-order valence-corrected chi connectivity index (χ1v) is 8.32. The van der Waals surface area contributed by atoms with E-state index in [0.717, 1.165) is 42.0 Å². The molecule has 0 spiro atoms. The summed E-state index contributed by atoms with van der Waals surface area (Å²) in [6, 6.07) is 15.8. The fraction of sp³-hybridized carbons (Fsp3) is 0.350. The molecular weight excluding hydrogens is 286 g/mol. The zero-order valence-corrected chi connectivity index (χ0v) is 14.0. The SMILES string of the molecule is CCNCCCOc1ccccc1-c1ccc(C(=O)CC)cc1. The van der Waals surface area contributed by atoms with E-state index in [1.807, 2.05) is 49.4 Å². The average molecular weight is 311 g/mol. The monoisotopic (exact) mass is 311 g/mol. The Balaban J connectivity index is 2.08. The lowest BCUT2D eigenvalue weighted by Crippen LogP contribution is -2.16. The van der Waals surface area contributed by atoms with E-state index in [-0.39, 0.29) is 5.78 Å². The van der Waals surface area contributed by atoms with Gasteiger partial charge in [0.2, 0.25) is 0 Å². The summed E-state index contributed by atoms with van der Waals surface area (Å²) < 4.78 is 5.93. The second-order valence-electron chi connectivity index (χ2n) is 5.41. The van der Waals surface area contributed by atoms with Crippen molar-refractivity contribution in [2.45, 2.75) is 26.7 Å². The molecule has 1 N–H and O–H groups in total. The highest BCUT2D eigenvalue weighted by atomic mass is 16.5. The molecule has 122 valence electrons. The van der Waals surface area contributed by atoms with Crippen LogP contribution in [0.15, 0.2) is 48.5 Å². The second-order valence-corrected chi connectivity index (χ2v) is 5.41. The van der Waals surface area contributed by atoms with Crippen LogP contribution in [0.5, 0.6) is 5.75 Å². The normalized spacial score (nSPS) is 10.5. The van der Waals surface area contributed by atoms with Gasteiger partial charge in [-0.15, -0.1) is 0 Å². The van der Waals surface area contributed by atoms with Crippen LogP contribution in [0.4, 0.5) is 0 Å². The van der Waals surface area contributed by atoms with Gasteiger partial charge in [0.1, 0.15) is 5.75 Å². The standard InChI is InChI=1S/C20H25NO2/c1-3-19(22)17-12-10-16(11-13-17)18-8-5-6-9-20(18)23-15-7-14-21-4-2/h5-6,8-13,21H,3-4,7,14-15H2,1-2H3. The van der Waals surface area contributed by atoms with Crippen LogP contribution in [0.1, 0.15) is 37.0 Å². The number of nitrogens with one attached hydrogen (secondary N) is 1. The number of hydrogen-bond donors (Lipinski definition) is 1. The smallest absolute Gasteiger partial charge is 0.162 e.